The van der Waals surface area contributed by atoms with Crippen molar-refractivity contribution in [3.05, 3.63) is 40.9 Å². The van der Waals surface area contributed by atoms with Crippen LogP contribution in [0.3, 0.4) is 0 Å². The molecule has 1 aromatic carbocycles. The molecule has 4 rings (SSSR count). The largest absolute Gasteiger partial charge is 0.327 e. The van der Waals surface area contributed by atoms with Gasteiger partial charge in [-0.2, -0.15) is 0 Å². The number of carbonyl (C=O) groups excluding carboxylic acids is 2. The van der Waals surface area contributed by atoms with Crippen LogP contribution in [0.5, 0.6) is 0 Å². The summed E-state index contributed by atoms with van der Waals surface area (Å²) in [6, 6.07) is 3.57. The Morgan fingerprint density at radius 1 is 1.33 bits per heavy atom. The van der Waals surface area contributed by atoms with Gasteiger partial charge in [-0.15, -0.1) is 5.10 Å². The number of aromatic nitrogens is 3. The standard InChI is InChI=1S/C15H13ClFN5O2/c16-11-6-10(3-4-12(11)17)22-8-9(18-19-22)7-21-14(23)13-2-1-5-20(13)15(21)24/h3-4,6,8,13H,1-2,5,7H2. The van der Waals surface area contributed by atoms with E-state index in [-0.39, 0.29) is 29.5 Å². The van der Waals surface area contributed by atoms with Gasteiger partial charge in [-0.25, -0.2) is 13.9 Å². The number of urea groups is 1. The lowest BCUT2D eigenvalue weighted by molar-refractivity contribution is -0.128. The van der Waals surface area contributed by atoms with E-state index in [1.165, 1.54) is 27.8 Å². The monoisotopic (exact) mass is 349 g/mol. The average molecular weight is 350 g/mol. The van der Waals surface area contributed by atoms with Crippen molar-refractivity contribution in [1.82, 2.24) is 24.8 Å². The molecule has 1 aromatic heterocycles. The Kier molecular flexibility index (Phi) is 3.49. The van der Waals surface area contributed by atoms with E-state index in [4.69, 9.17) is 11.6 Å². The SMILES string of the molecule is O=C1C2CCCN2C(=O)N1Cc1cn(-c2ccc(F)c(Cl)c2)nn1. The van der Waals surface area contributed by atoms with Gasteiger partial charge < -0.3 is 4.90 Å². The summed E-state index contributed by atoms with van der Waals surface area (Å²) in [5.74, 6) is -0.702. The predicted octanol–water partition coefficient (Wildman–Crippen LogP) is 1.99. The first-order valence-electron chi connectivity index (χ1n) is 7.53. The molecule has 2 aliphatic heterocycles. The Bertz CT molecular complexity index is 817. The summed E-state index contributed by atoms with van der Waals surface area (Å²) >= 11 is 5.76. The van der Waals surface area contributed by atoms with Crippen LogP contribution in [0.2, 0.25) is 5.02 Å². The molecule has 9 heteroatoms. The van der Waals surface area contributed by atoms with Crippen molar-refractivity contribution in [2.75, 3.05) is 6.54 Å². The number of imide groups is 1. The van der Waals surface area contributed by atoms with Gasteiger partial charge >= 0.3 is 6.03 Å². The highest BCUT2D eigenvalue weighted by atomic mass is 35.5. The summed E-state index contributed by atoms with van der Waals surface area (Å²) in [7, 11) is 0. The molecule has 2 saturated heterocycles. The molecule has 3 heterocycles. The quantitative estimate of drug-likeness (QED) is 0.794. The fourth-order valence-corrected chi connectivity index (χ4v) is 3.29. The Morgan fingerprint density at radius 2 is 2.17 bits per heavy atom. The number of amides is 3. The van der Waals surface area contributed by atoms with Crippen molar-refractivity contribution in [2.45, 2.75) is 25.4 Å². The van der Waals surface area contributed by atoms with E-state index in [0.717, 1.165) is 6.42 Å². The van der Waals surface area contributed by atoms with Crippen LogP contribution in [-0.2, 0) is 11.3 Å². The fraction of sp³-hybridized carbons (Fsp3) is 0.333. The summed E-state index contributed by atoms with van der Waals surface area (Å²) in [6.45, 7) is 0.687. The molecule has 0 N–H and O–H groups in total. The Hall–Kier alpha value is -2.48. The van der Waals surface area contributed by atoms with E-state index in [2.05, 4.69) is 10.3 Å². The van der Waals surface area contributed by atoms with Gasteiger partial charge in [-0.3, -0.25) is 9.69 Å². The van der Waals surface area contributed by atoms with Crippen LogP contribution in [0, 0.1) is 5.82 Å². The van der Waals surface area contributed by atoms with Crippen molar-refractivity contribution < 1.29 is 14.0 Å². The summed E-state index contributed by atoms with van der Waals surface area (Å²) in [5.41, 5.74) is 1.01. The van der Waals surface area contributed by atoms with Gasteiger partial charge in [0.1, 0.15) is 17.6 Å². The van der Waals surface area contributed by atoms with E-state index < -0.39 is 5.82 Å². The number of hydrogen-bond acceptors (Lipinski definition) is 4. The molecule has 0 spiro atoms. The van der Waals surface area contributed by atoms with E-state index in [1.807, 2.05) is 0 Å². The highest BCUT2D eigenvalue weighted by molar-refractivity contribution is 6.30. The molecule has 24 heavy (non-hydrogen) atoms. The van der Waals surface area contributed by atoms with Crippen LogP contribution in [0.1, 0.15) is 18.5 Å². The first kappa shape index (κ1) is 15.1. The number of carbonyl (C=O) groups is 2. The lowest BCUT2D eigenvalue weighted by atomic mass is 10.2. The third-order valence-corrected chi connectivity index (χ3v) is 4.60. The summed E-state index contributed by atoms with van der Waals surface area (Å²) in [5, 5.41) is 7.91. The maximum atomic E-state index is 13.2. The Labute approximate surface area is 141 Å². The van der Waals surface area contributed by atoms with E-state index in [9.17, 15) is 14.0 Å². The molecule has 3 amide bonds. The smallest absolute Gasteiger partial charge is 0.312 e. The molecule has 2 fully saturated rings. The van der Waals surface area contributed by atoms with Crippen LogP contribution < -0.4 is 0 Å². The van der Waals surface area contributed by atoms with Crippen molar-refractivity contribution in [3.8, 4) is 5.69 Å². The maximum Gasteiger partial charge on any atom is 0.327 e. The van der Waals surface area contributed by atoms with Gasteiger partial charge in [0.05, 0.1) is 23.5 Å². The predicted molar refractivity (Wildman–Crippen MR) is 82.0 cm³/mol. The minimum Gasteiger partial charge on any atom is -0.312 e. The van der Waals surface area contributed by atoms with Crippen LogP contribution >= 0.6 is 11.6 Å². The second-order valence-corrected chi connectivity index (χ2v) is 6.22. The number of rotatable bonds is 3. The number of halogens is 2. The first-order valence-corrected chi connectivity index (χ1v) is 7.91. The van der Waals surface area contributed by atoms with Gasteiger partial charge in [0, 0.05) is 6.54 Å². The van der Waals surface area contributed by atoms with E-state index in [1.54, 1.807) is 11.1 Å². The molecule has 2 aromatic rings. The highest BCUT2D eigenvalue weighted by Crippen LogP contribution is 2.28. The highest BCUT2D eigenvalue weighted by Gasteiger charge is 2.47. The van der Waals surface area contributed by atoms with Gasteiger partial charge in [-0.05, 0) is 31.0 Å². The van der Waals surface area contributed by atoms with Gasteiger partial charge in [0.25, 0.3) is 5.91 Å². The zero-order valence-electron chi connectivity index (χ0n) is 12.5. The normalized spacial score (nSPS) is 20.2. The fourth-order valence-electron chi connectivity index (χ4n) is 3.11. The minimum atomic E-state index is -0.519. The van der Waals surface area contributed by atoms with Gasteiger partial charge in [0.15, 0.2) is 0 Å². The molecule has 0 bridgehead atoms. The molecular weight excluding hydrogens is 337 g/mol. The third-order valence-electron chi connectivity index (χ3n) is 4.31. The molecule has 124 valence electrons. The maximum absolute atomic E-state index is 13.2. The molecular formula is C15H13ClFN5O2. The number of fused-ring (bicyclic) bond motifs is 1. The summed E-state index contributed by atoms with van der Waals surface area (Å²) < 4.78 is 14.6. The minimum absolute atomic E-state index is 0.0185. The number of benzene rings is 1. The first-order chi connectivity index (χ1) is 11.5. The van der Waals surface area contributed by atoms with Crippen molar-refractivity contribution >= 4 is 23.5 Å². The van der Waals surface area contributed by atoms with E-state index >= 15 is 0 Å². The average Bonchev–Trinajstić information content (AvgIpc) is 3.26. The number of hydrogen-bond donors (Lipinski definition) is 0. The van der Waals surface area contributed by atoms with E-state index in [0.29, 0.717) is 24.3 Å². The van der Waals surface area contributed by atoms with Crippen molar-refractivity contribution in [3.63, 3.8) is 0 Å². The molecule has 1 unspecified atom stereocenters. The summed E-state index contributed by atoms with van der Waals surface area (Å²) in [4.78, 5) is 27.4. The molecule has 0 saturated carbocycles. The van der Waals surface area contributed by atoms with Crippen molar-refractivity contribution in [1.29, 1.82) is 0 Å². The summed E-state index contributed by atoms with van der Waals surface area (Å²) in [6.07, 6.45) is 3.16. The Morgan fingerprint density at radius 3 is 2.92 bits per heavy atom. The lowest BCUT2D eigenvalue weighted by Gasteiger charge is -2.13. The number of nitrogens with zero attached hydrogens (tertiary/aromatic N) is 5. The topological polar surface area (TPSA) is 71.3 Å². The van der Waals surface area contributed by atoms with Gasteiger partial charge in [-0.1, -0.05) is 16.8 Å². The zero-order chi connectivity index (χ0) is 16.8. The van der Waals surface area contributed by atoms with Crippen LogP contribution in [0.4, 0.5) is 9.18 Å². The third kappa shape index (κ3) is 2.34. The Balaban J connectivity index is 1.54. The zero-order valence-corrected chi connectivity index (χ0v) is 13.3. The van der Waals surface area contributed by atoms with Crippen LogP contribution in [-0.4, -0.2) is 49.3 Å². The lowest BCUT2D eigenvalue weighted by Crippen LogP contribution is -2.32. The second-order valence-electron chi connectivity index (χ2n) is 5.81. The molecule has 2 aliphatic rings. The molecule has 0 aliphatic carbocycles. The molecule has 1 atom stereocenters. The molecule has 7 nitrogen and oxygen atoms in total. The van der Waals surface area contributed by atoms with Crippen molar-refractivity contribution in [2.24, 2.45) is 0 Å². The second kappa shape index (κ2) is 5.55. The van der Waals surface area contributed by atoms with Crippen LogP contribution in [0.15, 0.2) is 24.4 Å². The van der Waals surface area contributed by atoms with Gasteiger partial charge in [0.2, 0.25) is 0 Å². The molecule has 0 radical (unpaired) electrons. The van der Waals surface area contributed by atoms with Crippen LogP contribution in [0.25, 0.3) is 5.69 Å².